The number of aryl methyl sites for hydroxylation is 1. The summed E-state index contributed by atoms with van der Waals surface area (Å²) in [5, 5.41) is 11.0. The molecule has 0 spiro atoms. The van der Waals surface area contributed by atoms with Crippen molar-refractivity contribution >= 4 is 34.2 Å². The Bertz CT molecular complexity index is 1110. The van der Waals surface area contributed by atoms with Gasteiger partial charge in [-0.25, -0.2) is 8.78 Å². The summed E-state index contributed by atoms with van der Waals surface area (Å²) in [4.78, 5) is 14.8. The lowest BCUT2D eigenvalue weighted by Crippen LogP contribution is -2.59. The molecule has 184 valence electrons. The second kappa shape index (κ2) is 11.9. The van der Waals surface area contributed by atoms with E-state index in [1.807, 2.05) is 24.3 Å². The molecule has 1 fully saturated rings. The highest BCUT2D eigenvalue weighted by Gasteiger charge is 2.52. The van der Waals surface area contributed by atoms with E-state index in [0.29, 0.717) is 25.1 Å². The molecule has 3 unspecified atom stereocenters. The third kappa shape index (κ3) is 6.19. The van der Waals surface area contributed by atoms with Gasteiger partial charge in [0.2, 0.25) is 5.91 Å². The molecule has 0 aliphatic carbocycles. The molecule has 0 radical (unpaired) electrons. The fourth-order valence-electron chi connectivity index (χ4n) is 4.43. The number of aliphatic hydroxyl groups excluding tert-OH is 1. The van der Waals surface area contributed by atoms with Crippen LogP contribution in [0.2, 0.25) is 0 Å². The number of hydrogen-bond acceptors (Lipinski definition) is 3. The van der Waals surface area contributed by atoms with E-state index in [9.17, 15) is 18.7 Å². The largest absolute Gasteiger partial charge is 0.494 e. The van der Waals surface area contributed by atoms with Crippen molar-refractivity contribution in [2.45, 2.75) is 37.8 Å². The maximum Gasteiger partial charge on any atom is 0.235 e. The third-order valence-corrected chi connectivity index (χ3v) is 7.08. The Morgan fingerprint density at radius 1 is 0.914 bits per heavy atom. The minimum Gasteiger partial charge on any atom is -0.494 e. The lowest BCUT2D eigenvalue weighted by molar-refractivity contribution is -0.136. The number of hydrogen-bond donors (Lipinski definition) is 1. The molecular weight excluding hydrogens is 563 g/mol. The number of β-lactam (4-membered cyclic amide) rings is 1. The van der Waals surface area contributed by atoms with Crippen molar-refractivity contribution in [3.05, 3.63) is 95.6 Å². The van der Waals surface area contributed by atoms with E-state index < -0.39 is 12.0 Å². The summed E-state index contributed by atoms with van der Waals surface area (Å²) in [6.07, 6.45) is 2.11. The van der Waals surface area contributed by atoms with Gasteiger partial charge in [-0.2, -0.15) is 0 Å². The first-order chi connectivity index (χ1) is 17.0. The quantitative estimate of drug-likeness (QED) is 0.124. The van der Waals surface area contributed by atoms with Crippen LogP contribution in [0.3, 0.4) is 0 Å². The number of carbonyl (C=O) groups excluding carboxylic acids is 1. The van der Waals surface area contributed by atoms with Gasteiger partial charge >= 0.3 is 0 Å². The summed E-state index contributed by atoms with van der Waals surface area (Å²) in [5.74, 6) is -0.757. The summed E-state index contributed by atoms with van der Waals surface area (Å²) in [6, 6.07) is 19.2. The molecule has 1 amide bonds. The fourth-order valence-corrected chi connectivity index (χ4v) is 4.96. The van der Waals surface area contributed by atoms with Crippen LogP contribution < -0.4 is 9.64 Å². The molecule has 1 heterocycles. The monoisotopic (exact) mass is 591 g/mol. The summed E-state index contributed by atoms with van der Waals surface area (Å²) in [5.41, 5.74) is 2.36. The Morgan fingerprint density at radius 2 is 1.54 bits per heavy atom. The zero-order valence-corrected chi connectivity index (χ0v) is 21.4. The summed E-state index contributed by atoms with van der Waals surface area (Å²) in [6.45, 7) is 0.649. The number of unbranched alkanes of at least 4 members (excludes halogenated alkanes) is 1. The Balaban J connectivity index is 1.51. The van der Waals surface area contributed by atoms with Gasteiger partial charge in [0.25, 0.3) is 0 Å². The highest BCUT2D eigenvalue weighted by atomic mass is 127. The lowest BCUT2D eigenvalue weighted by Gasteiger charge is -2.49. The normalized spacial score (nSPS) is 18.3. The van der Waals surface area contributed by atoms with Crippen LogP contribution in [0.4, 0.5) is 14.5 Å². The number of nitrogens with zero attached hydrogens (tertiary/aromatic N) is 1. The van der Waals surface area contributed by atoms with E-state index in [4.69, 9.17) is 4.74 Å². The molecule has 1 aliphatic heterocycles. The van der Waals surface area contributed by atoms with Crippen LogP contribution in [0.25, 0.3) is 0 Å². The van der Waals surface area contributed by atoms with Crippen LogP contribution in [0.15, 0.2) is 72.8 Å². The molecular formula is C28H28F2INO3. The van der Waals surface area contributed by atoms with Crippen LogP contribution in [-0.4, -0.2) is 28.2 Å². The molecule has 1 aliphatic rings. The minimum atomic E-state index is -0.876. The van der Waals surface area contributed by atoms with Crippen molar-refractivity contribution in [1.29, 1.82) is 0 Å². The van der Waals surface area contributed by atoms with Gasteiger partial charge in [-0.1, -0.05) is 46.9 Å². The van der Waals surface area contributed by atoms with Crippen LogP contribution in [0.5, 0.6) is 5.75 Å². The predicted octanol–water partition coefficient (Wildman–Crippen LogP) is 6.26. The second-order valence-electron chi connectivity index (χ2n) is 8.70. The van der Waals surface area contributed by atoms with Gasteiger partial charge in [-0.3, -0.25) is 4.79 Å². The Kier molecular flexibility index (Phi) is 8.73. The van der Waals surface area contributed by atoms with Gasteiger partial charge in [-0.15, -0.1) is 0 Å². The number of benzene rings is 3. The zero-order chi connectivity index (χ0) is 24.8. The van der Waals surface area contributed by atoms with E-state index in [-0.39, 0.29) is 23.6 Å². The molecule has 3 atom stereocenters. The SMILES string of the molecule is O=C1C(C(O)CCc2ccc(F)cc2)C(c2ccc(OCCCCI)cc2)N1c1ccc(F)cc1. The third-order valence-electron chi connectivity index (χ3n) is 6.32. The predicted molar refractivity (Wildman–Crippen MR) is 141 cm³/mol. The number of amides is 1. The van der Waals surface area contributed by atoms with Crippen LogP contribution in [0, 0.1) is 17.6 Å². The summed E-state index contributed by atoms with van der Waals surface area (Å²) < 4.78 is 33.6. The van der Waals surface area contributed by atoms with E-state index in [2.05, 4.69) is 22.6 Å². The van der Waals surface area contributed by atoms with Crippen LogP contribution in [-0.2, 0) is 11.2 Å². The van der Waals surface area contributed by atoms with E-state index >= 15 is 0 Å². The van der Waals surface area contributed by atoms with E-state index in [1.54, 1.807) is 29.2 Å². The van der Waals surface area contributed by atoms with Crippen LogP contribution in [0.1, 0.15) is 36.4 Å². The molecule has 4 rings (SSSR count). The van der Waals surface area contributed by atoms with Gasteiger partial charge in [0.05, 0.1) is 24.7 Å². The van der Waals surface area contributed by atoms with Crippen molar-refractivity contribution in [3.8, 4) is 5.75 Å². The molecule has 1 N–H and O–H groups in total. The lowest BCUT2D eigenvalue weighted by atomic mass is 9.76. The minimum absolute atomic E-state index is 0.202. The zero-order valence-electron chi connectivity index (χ0n) is 19.2. The average Bonchev–Trinajstić information content (AvgIpc) is 2.86. The number of aliphatic hydroxyl groups is 1. The first-order valence-corrected chi connectivity index (χ1v) is 13.3. The molecule has 1 saturated heterocycles. The number of rotatable bonds is 11. The van der Waals surface area contributed by atoms with E-state index in [1.165, 1.54) is 24.3 Å². The number of alkyl halides is 1. The smallest absolute Gasteiger partial charge is 0.235 e. The maximum atomic E-state index is 13.5. The van der Waals surface area contributed by atoms with Crippen molar-refractivity contribution in [2.24, 2.45) is 5.92 Å². The summed E-state index contributed by atoms with van der Waals surface area (Å²) >= 11 is 2.35. The maximum absolute atomic E-state index is 13.5. The van der Waals surface area contributed by atoms with Crippen LogP contribution >= 0.6 is 22.6 Å². The van der Waals surface area contributed by atoms with Crippen molar-refractivity contribution in [1.82, 2.24) is 0 Å². The first-order valence-electron chi connectivity index (χ1n) is 11.8. The summed E-state index contributed by atoms with van der Waals surface area (Å²) in [7, 11) is 0. The number of carbonyl (C=O) groups is 1. The van der Waals surface area contributed by atoms with Crippen molar-refractivity contribution < 1.29 is 23.4 Å². The van der Waals surface area contributed by atoms with E-state index in [0.717, 1.165) is 34.1 Å². The second-order valence-corrected chi connectivity index (χ2v) is 9.78. The number of ether oxygens (including phenoxy) is 1. The van der Waals surface area contributed by atoms with Crippen molar-refractivity contribution in [3.63, 3.8) is 0 Å². The topological polar surface area (TPSA) is 49.8 Å². The molecule has 7 heteroatoms. The molecule has 0 aromatic heterocycles. The molecule has 4 nitrogen and oxygen atoms in total. The molecule has 0 bridgehead atoms. The first kappa shape index (κ1) is 25.6. The Hall–Kier alpha value is -2.52. The van der Waals surface area contributed by atoms with Gasteiger partial charge in [0.1, 0.15) is 17.4 Å². The van der Waals surface area contributed by atoms with Gasteiger partial charge in [0.15, 0.2) is 0 Å². The number of halogens is 3. The van der Waals surface area contributed by atoms with Gasteiger partial charge < -0.3 is 14.7 Å². The average molecular weight is 591 g/mol. The Labute approximate surface area is 218 Å². The molecule has 35 heavy (non-hydrogen) atoms. The molecule has 3 aromatic carbocycles. The highest BCUT2D eigenvalue weighted by Crippen LogP contribution is 2.46. The van der Waals surface area contributed by atoms with Crippen molar-refractivity contribution in [2.75, 3.05) is 15.9 Å². The molecule has 0 saturated carbocycles. The van der Waals surface area contributed by atoms with Gasteiger partial charge in [0, 0.05) is 5.69 Å². The van der Waals surface area contributed by atoms with Gasteiger partial charge in [-0.05, 0) is 89.8 Å². The highest BCUT2D eigenvalue weighted by molar-refractivity contribution is 14.1. The standard InChI is InChI=1S/C28H28F2INO3/c29-21-8-3-19(4-9-21)5-16-25(33)26-27(32(28(26)34)23-12-10-22(30)11-13-23)20-6-14-24(15-7-20)35-18-2-1-17-31/h3-4,6-15,25-27,33H,1-2,5,16-18H2. The molecule has 3 aromatic rings. The fraction of sp³-hybridized carbons (Fsp3) is 0.321. The number of anilines is 1. The Morgan fingerprint density at radius 3 is 2.17 bits per heavy atom.